The molecule has 2 fully saturated rings. The average molecular weight is 278 g/mol. The molecular formula is C16H30N4. The zero-order valence-electron chi connectivity index (χ0n) is 13.4. The van der Waals surface area contributed by atoms with Crippen LogP contribution in [0.25, 0.3) is 0 Å². The van der Waals surface area contributed by atoms with E-state index in [2.05, 4.69) is 42.2 Å². The van der Waals surface area contributed by atoms with E-state index in [1.165, 1.54) is 38.8 Å². The van der Waals surface area contributed by atoms with Gasteiger partial charge in [-0.05, 0) is 72.6 Å². The molecule has 0 aromatic rings. The zero-order chi connectivity index (χ0) is 14.6. The normalized spacial score (nSPS) is 27.2. The average Bonchev–Trinajstić information content (AvgIpc) is 3.23. The van der Waals surface area contributed by atoms with Crippen LogP contribution in [-0.4, -0.2) is 61.2 Å². The first-order valence-electron chi connectivity index (χ1n) is 8.10. The summed E-state index contributed by atoms with van der Waals surface area (Å²) < 4.78 is 0. The highest BCUT2D eigenvalue weighted by atomic mass is 15.2. The van der Waals surface area contributed by atoms with Gasteiger partial charge in [0.05, 0.1) is 6.07 Å². The van der Waals surface area contributed by atoms with Crippen molar-refractivity contribution in [2.45, 2.75) is 63.1 Å². The molecule has 114 valence electrons. The first-order chi connectivity index (χ1) is 9.52. The Morgan fingerprint density at radius 1 is 1.35 bits per heavy atom. The molecule has 2 unspecified atom stereocenters. The van der Waals surface area contributed by atoms with Crippen LogP contribution in [0, 0.1) is 11.3 Å². The number of hydrogen-bond donors (Lipinski definition) is 1. The minimum Gasteiger partial charge on any atom is -0.305 e. The van der Waals surface area contributed by atoms with E-state index in [4.69, 9.17) is 0 Å². The quantitative estimate of drug-likeness (QED) is 0.771. The van der Waals surface area contributed by atoms with Crippen LogP contribution in [0.15, 0.2) is 0 Å². The van der Waals surface area contributed by atoms with Gasteiger partial charge in [0.15, 0.2) is 0 Å². The highest BCUT2D eigenvalue weighted by Gasteiger charge is 2.32. The van der Waals surface area contributed by atoms with Gasteiger partial charge < -0.3 is 9.80 Å². The van der Waals surface area contributed by atoms with Crippen molar-refractivity contribution in [1.29, 1.82) is 5.26 Å². The number of nitrogens with zero attached hydrogens (tertiary/aromatic N) is 3. The monoisotopic (exact) mass is 278 g/mol. The minimum absolute atomic E-state index is 0.322. The summed E-state index contributed by atoms with van der Waals surface area (Å²) >= 11 is 0. The van der Waals surface area contributed by atoms with Crippen LogP contribution >= 0.6 is 0 Å². The van der Waals surface area contributed by atoms with Crippen LogP contribution in [0.1, 0.15) is 45.4 Å². The van der Waals surface area contributed by atoms with Gasteiger partial charge in [0.25, 0.3) is 0 Å². The Labute approximate surface area is 124 Å². The Bertz CT molecular complexity index is 345. The highest BCUT2D eigenvalue weighted by Crippen LogP contribution is 2.24. The fourth-order valence-electron chi connectivity index (χ4n) is 3.15. The maximum Gasteiger partial charge on any atom is 0.104 e. The molecule has 0 bridgehead atoms. The van der Waals surface area contributed by atoms with Gasteiger partial charge in [0.2, 0.25) is 0 Å². The number of nitrogens with one attached hydrogen (secondary N) is 1. The lowest BCUT2D eigenvalue weighted by Crippen LogP contribution is -2.46. The third-order valence-corrected chi connectivity index (χ3v) is 4.71. The molecule has 1 saturated carbocycles. The molecule has 1 aliphatic heterocycles. The van der Waals surface area contributed by atoms with Crippen molar-refractivity contribution in [3.8, 4) is 6.07 Å². The fourth-order valence-corrected chi connectivity index (χ4v) is 3.15. The molecule has 0 spiro atoms. The van der Waals surface area contributed by atoms with Gasteiger partial charge in [-0.2, -0.15) is 5.26 Å². The van der Waals surface area contributed by atoms with Crippen molar-refractivity contribution in [3.63, 3.8) is 0 Å². The van der Waals surface area contributed by atoms with E-state index in [0.717, 1.165) is 19.4 Å². The molecule has 20 heavy (non-hydrogen) atoms. The van der Waals surface area contributed by atoms with E-state index in [0.29, 0.717) is 12.1 Å². The SMILES string of the molecule is CN(C)C1CCCN(CCCC(C)(C#N)NC2CC2)C1. The molecule has 1 saturated heterocycles. The Kier molecular flexibility index (Phi) is 5.42. The van der Waals surface area contributed by atoms with Gasteiger partial charge >= 0.3 is 0 Å². The van der Waals surface area contributed by atoms with Crippen LogP contribution in [0.3, 0.4) is 0 Å². The first kappa shape index (κ1) is 15.8. The molecule has 1 heterocycles. The topological polar surface area (TPSA) is 42.3 Å². The highest BCUT2D eigenvalue weighted by molar-refractivity contribution is 5.07. The summed E-state index contributed by atoms with van der Waals surface area (Å²) in [5.74, 6) is 0. The van der Waals surface area contributed by atoms with Gasteiger partial charge in [0, 0.05) is 18.6 Å². The molecule has 0 aromatic heterocycles. The van der Waals surface area contributed by atoms with Crippen molar-refractivity contribution in [2.75, 3.05) is 33.7 Å². The number of likely N-dealkylation sites (tertiary alicyclic amines) is 1. The Balaban J connectivity index is 1.70. The summed E-state index contributed by atoms with van der Waals surface area (Å²) in [6.07, 6.45) is 7.19. The van der Waals surface area contributed by atoms with Crippen molar-refractivity contribution < 1.29 is 0 Å². The van der Waals surface area contributed by atoms with Crippen LogP contribution in [0.2, 0.25) is 0 Å². The van der Waals surface area contributed by atoms with Crippen LogP contribution in [0.4, 0.5) is 0 Å². The van der Waals surface area contributed by atoms with Crippen molar-refractivity contribution in [1.82, 2.24) is 15.1 Å². The Hall–Kier alpha value is -0.630. The second-order valence-corrected chi connectivity index (χ2v) is 7.03. The van der Waals surface area contributed by atoms with Gasteiger partial charge in [-0.25, -0.2) is 0 Å². The maximum absolute atomic E-state index is 9.38. The van der Waals surface area contributed by atoms with Crippen LogP contribution in [-0.2, 0) is 0 Å². The van der Waals surface area contributed by atoms with E-state index in [-0.39, 0.29) is 5.54 Å². The molecular weight excluding hydrogens is 248 g/mol. The van der Waals surface area contributed by atoms with E-state index < -0.39 is 0 Å². The number of nitriles is 1. The van der Waals surface area contributed by atoms with Gasteiger partial charge in [-0.3, -0.25) is 5.32 Å². The third kappa shape index (κ3) is 4.73. The maximum atomic E-state index is 9.38. The third-order valence-electron chi connectivity index (χ3n) is 4.71. The molecule has 2 atom stereocenters. The number of rotatable bonds is 7. The van der Waals surface area contributed by atoms with Crippen LogP contribution in [0.5, 0.6) is 0 Å². The molecule has 4 heteroatoms. The smallest absolute Gasteiger partial charge is 0.104 e. The van der Waals surface area contributed by atoms with Gasteiger partial charge in [-0.1, -0.05) is 0 Å². The van der Waals surface area contributed by atoms with E-state index in [1.807, 2.05) is 0 Å². The Morgan fingerprint density at radius 3 is 2.70 bits per heavy atom. The van der Waals surface area contributed by atoms with Gasteiger partial charge in [-0.15, -0.1) is 0 Å². The summed E-state index contributed by atoms with van der Waals surface area (Å²) in [7, 11) is 4.36. The number of hydrogen-bond acceptors (Lipinski definition) is 4. The molecule has 1 N–H and O–H groups in total. The molecule has 0 radical (unpaired) electrons. The summed E-state index contributed by atoms with van der Waals surface area (Å²) in [6.45, 7) is 5.61. The molecule has 0 amide bonds. The van der Waals surface area contributed by atoms with E-state index in [9.17, 15) is 5.26 Å². The minimum atomic E-state index is -0.322. The van der Waals surface area contributed by atoms with E-state index >= 15 is 0 Å². The predicted octanol–water partition coefficient (Wildman–Crippen LogP) is 1.83. The summed E-state index contributed by atoms with van der Waals surface area (Å²) in [6, 6.07) is 3.79. The molecule has 4 nitrogen and oxygen atoms in total. The number of piperidine rings is 1. The van der Waals surface area contributed by atoms with E-state index in [1.54, 1.807) is 0 Å². The van der Waals surface area contributed by atoms with Crippen molar-refractivity contribution >= 4 is 0 Å². The number of likely N-dealkylation sites (N-methyl/N-ethyl adjacent to an activating group) is 1. The lowest BCUT2D eigenvalue weighted by atomic mass is 9.96. The lowest BCUT2D eigenvalue weighted by molar-refractivity contribution is 0.130. The second kappa shape index (κ2) is 6.89. The second-order valence-electron chi connectivity index (χ2n) is 7.03. The Morgan fingerprint density at radius 2 is 2.10 bits per heavy atom. The molecule has 0 aromatic carbocycles. The van der Waals surface area contributed by atoms with Crippen molar-refractivity contribution in [2.24, 2.45) is 0 Å². The summed E-state index contributed by atoms with van der Waals surface area (Å²) in [5.41, 5.74) is -0.322. The van der Waals surface area contributed by atoms with Crippen LogP contribution < -0.4 is 5.32 Å². The zero-order valence-corrected chi connectivity index (χ0v) is 13.4. The summed E-state index contributed by atoms with van der Waals surface area (Å²) in [5, 5.41) is 12.9. The molecule has 2 rings (SSSR count). The van der Waals surface area contributed by atoms with Gasteiger partial charge in [0.1, 0.15) is 5.54 Å². The standard InChI is InChI=1S/C16H30N4/c1-16(13-17,18-14-7-8-14)9-5-11-20-10-4-6-15(12-20)19(2)3/h14-15,18H,4-12H2,1-3H3. The first-order valence-corrected chi connectivity index (χ1v) is 8.10. The lowest BCUT2D eigenvalue weighted by Gasteiger charge is -2.36. The molecule has 2 aliphatic rings. The van der Waals surface area contributed by atoms with Crippen molar-refractivity contribution in [3.05, 3.63) is 0 Å². The molecule has 1 aliphatic carbocycles. The predicted molar refractivity (Wildman–Crippen MR) is 82.6 cm³/mol. The fraction of sp³-hybridized carbons (Fsp3) is 0.938. The summed E-state index contributed by atoms with van der Waals surface area (Å²) in [4.78, 5) is 4.92. The largest absolute Gasteiger partial charge is 0.305 e.